The summed E-state index contributed by atoms with van der Waals surface area (Å²) in [6, 6.07) is 16.3. The summed E-state index contributed by atoms with van der Waals surface area (Å²) >= 11 is 5.44. The molecule has 30 heavy (non-hydrogen) atoms. The fourth-order valence-corrected chi connectivity index (χ4v) is 3.74. The van der Waals surface area contributed by atoms with Crippen LogP contribution in [-0.4, -0.2) is 23.7 Å². The Morgan fingerprint density at radius 2 is 1.87 bits per heavy atom. The molecular weight excluding hydrogens is 398 g/mol. The van der Waals surface area contributed by atoms with Crippen LogP contribution < -0.4 is 5.73 Å². The number of Topliss-reactive ketones (excluding diaryl/α,β-unsaturated/α-hetero) is 1. The summed E-state index contributed by atoms with van der Waals surface area (Å²) in [6.45, 7) is 3.82. The number of esters is 1. The molecule has 0 bridgehead atoms. The number of rotatable bonds is 7. The molecule has 0 aliphatic carbocycles. The number of ketones is 1. The van der Waals surface area contributed by atoms with Gasteiger partial charge in [-0.25, -0.2) is 0 Å². The van der Waals surface area contributed by atoms with E-state index in [1.807, 2.05) is 38.1 Å². The van der Waals surface area contributed by atoms with E-state index < -0.39 is 23.4 Å². The van der Waals surface area contributed by atoms with Gasteiger partial charge in [-0.3, -0.25) is 15.3 Å². The molecule has 6 heteroatoms. The van der Waals surface area contributed by atoms with Crippen LogP contribution in [0.3, 0.4) is 0 Å². The smallest absolute Gasteiger partial charge is 0.316 e. The van der Waals surface area contributed by atoms with Crippen LogP contribution in [0.25, 0.3) is 5.57 Å². The summed E-state index contributed by atoms with van der Waals surface area (Å²) in [5.41, 5.74) is 7.07. The van der Waals surface area contributed by atoms with Gasteiger partial charge < -0.3 is 9.47 Å². The predicted molar refractivity (Wildman–Crippen MR) is 120 cm³/mol. The van der Waals surface area contributed by atoms with Crippen molar-refractivity contribution >= 4 is 34.4 Å². The number of benzene rings is 2. The highest BCUT2D eigenvalue weighted by Crippen LogP contribution is 2.43. The van der Waals surface area contributed by atoms with Crippen LogP contribution in [0.5, 0.6) is 0 Å². The number of ether oxygens (including phenoxy) is 2. The molecular formula is C24H25NO4S. The Labute approximate surface area is 181 Å². The topological polar surface area (TPSA) is 78.6 Å². The van der Waals surface area contributed by atoms with Gasteiger partial charge in [0.2, 0.25) is 11.5 Å². The second-order valence-corrected chi connectivity index (χ2v) is 7.61. The van der Waals surface area contributed by atoms with Crippen molar-refractivity contribution in [3.8, 4) is 0 Å². The van der Waals surface area contributed by atoms with E-state index in [0.29, 0.717) is 29.5 Å². The van der Waals surface area contributed by atoms with Gasteiger partial charge in [-0.1, -0.05) is 74.6 Å². The maximum absolute atomic E-state index is 13.6. The van der Waals surface area contributed by atoms with Gasteiger partial charge in [0.1, 0.15) is 11.7 Å². The van der Waals surface area contributed by atoms with Crippen molar-refractivity contribution in [2.24, 2.45) is 11.7 Å². The fourth-order valence-electron chi connectivity index (χ4n) is 3.62. The molecule has 1 aliphatic heterocycles. The standard InChI is InChI=1S/C24H25NO4S/c1-4-18(23(27)28-3)21-20(16-11-9-10-15(14-16)19(30)5-2)22(26)24(25,29-21)17-12-7-6-8-13-17/h6-14,18H,4-5,25H2,1-3H3. The summed E-state index contributed by atoms with van der Waals surface area (Å²) in [6.07, 6.45) is 1.11. The Morgan fingerprint density at radius 1 is 1.17 bits per heavy atom. The van der Waals surface area contributed by atoms with Crippen molar-refractivity contribution in [3.05, 3.63) is 77.0 Å². The van der Waals surface area contributed by atoms with Gasteiger partial charge >= 0.3 is 5.97 Å². The van der Waals surface area contributed by atoms with E-state index in [1.165, 1.54) is 7.11 Å². The number of nitrogens with two attached hydrogens (primary N) is 1. The molecule has 0 fully saturated rings. The first-order valence-corrected chi connectivity index (χ1v) is 10.3. The zero-order valence-corrected chi connectivity index (χ0v) is 18.1. The van der Waals surface area contributed by atoms with Gasteiger partial charge in [0.25, 0.3) is 0 Å². The van der Waals surface area contributed by atoms with E-state index in [4.69, 9.17) is 27.4 Å². The van der Waals surface area contributed by atoms with Gasteiger partial charge in [0, 0.05) is 10.4 Å². The third-order valence-corrected chi connectivity index (χ3v) is 5.81. The van der Waals surface area contributed by atoms with Crippen LogP contribution in [0.15, 0.2) is 60.4 Å². The van der Waals surface area contributed by atoms with Crippen molar-refractivity contribution < 1.29 is 19.1 Å². The highest BCUT2D eigenvalue weighted by molar-refractivity contribution is 7.80. The van der Waals surface area contributed by atoms with Gasteiger partial charge in [0.05, 0.1) is 12.7 Å². The molecule has 2 unspecified atom stereocenters. The monoisotopic (exact) mass is 423 g/mol. The Balaban J connectivity index is 2.20. The number of hydrogen-bond acceptors (Lipinski definition) is 6. The zero-order chi connectivity index (χ0) is 21.9. The van der Waals surface area contributed by atoms with Crippen molar-refractivity contribution in [1.82, 2.24) is 0 Å². The van der Waals surface area contributed by atoms with Crippen molar-refractivity contribution in [2.75, 3.05) is 7.11 Å². The van der Waals surface area contributed by atoms with E-state index >= 15 is 0 Å². The molecule has 1 heterocycles. The maximum Gasteiger partial charge on any atom is 0.316 e. The average molecular weight is 424 g/mol. The first kappa shape index (κ1) is 21.9. The second kappa shape index (κ2) is 8.90. The van der Waals surface area contributed by atoms with Gasteiger partial charge in [0.15, 0.2) is 0 Å². The average Bonchev–Trinajstić information content (AvgIpc) is 3.05. The third-order valence-electron chi connectivity index (χ3n) is 5.29. The number of methoxy groups -OCH3 is 1. The van der Waals surface area contributed by atoms with E-state index in [-0.39, 0.29) is 5.76 Å². The zero-order valence-electron chi connectivity index (χ0n) is 17.3. The molecule has 2 aromatic carbocycles. The number of thiocarbonyl (C=S) groups is 1. The fraction of sp³-hybridized carbons (Fsp3) is 0.292. The van der Waals surface area contributed by atoms with E-state index in [1.54, 1.807) is 30.3 Å². The Bertz CT molecular complexity index is 1010. The minimum absolute atomic E-state index is 0.236. The number of carbonyl (C=O) groups excluding carboxylic acids is 2. The van der Waals surface area contributed by atoms with Crippen LogP contribution in [0.2, 0.25) is 0 Å². The van der Waals surface area contributed by atoms with E-state index in [0.717, 1.165) is 10.4 Å². The largest absolute Gasteiger partial charge is 0.468 e. The SMILES string of the molecule is CCC(=S)c1cccc(C2=C(C(CC)C(=O)OC)OC(N)(c3ccccc3)C2=O)c1. The lowest BCUT2D eigenvalue weighted by molar-refractivity contribution is -0.147. The quantitative estimate of drug-likeness (QED) is 0.410. The lowest BCUT2D eigenvalue weighted by Gasteiger charge is -2.25. The molecule has 1 aliphatic rings. The second-order valence-electron chi connectivity index (χ2n) is 7.11. The first-order valence-electron chi connectivity index (χ1n) is 9.91. The lowest BCUT2D eigenvalue weighted by Crippen LogP contribution is -2.44. The van der Waals surface area contributed by atoms with Crippen LogP contribution in [0, 0.1) is 5.92 Å². The van der Waals surface area contributed by atoms with Crippen LogP contribution >= 0.6 is 12.2 Å². The number of carbonyl (C=O) groups is 2. The Morgan fingerprint density at radius 3 is 2.47 bits per heavy atom. The van der Waals surface area contributed by atoms with Crippen molar-refractivity contribution in [1.29, 1.82) is 0 Å². The summed E-state index contributed by atoms with van der Waals surface area (Å²) in [5.74, 6) is -1.38. The van der Waals surface area contributed by atoms with Crippen LogP contribution in [0.4, 0.5) is 0 Å². The molecule has 5 nitrogen and oxygen atoms in total. The van der Waals surface area contributed by atoms with Gasteiger partial charge in [-0.05, 0) is 30.0 Å². The molecule has 156 valence electrons. The summed E-state index contributed by atoms with van der Waals surface area (Å²) in [4.78, 5) is 26.9. The minimum Gasteiger partial charge on any atom is -0.468 e. The molecule has 2 aromatic rings. The van der Waals surface area contributed by atoms with Gasteiger partial charge in [-0.15, -0.1) is 0 Å². The molecule has 0 radical (unpaired) electrons. The lowest BCUT2D eigenvalue weighted by atomic mass is 9.89. The molecule has 2 N–H and O–H groups in total. The number of hydrogen-bond donors (Lipinski definition) is 1. The molecule has 0 saturated heterocycles. The van der Waals surface area contributed by atoms with Gasteiger partial charge in [-0.2, -0.15) is 0 Å². The van der Waals surface area contributed by atoms with Crippen molar-refractivity contribution in [2.45, 2.75) is 32.4 Å². The summed E-state index contributed by atoms with van der Waals surface area (Å²) < 4.78 is 11.1. The van der Waals surface area contributed by atoms with Crippen LogP contribution in [-0.2, 0) is 24.8 Å². The molecule has 3 rings (SSSR count). The summed E-state index contributed by atoms with van der Waals surface area (Å²) in [7, 11) is 1.31. The minimum atomic E-state index is -1.71. The normalized spacial score (nSPS) is 19.4. The molecule has 0 amide bonds. The molecule has 2 atom stereocenters. The van der Waals surface area contributed by atoms with Crippen LogP contribution in [0.1, 0.15) is 43.4 Å². The predicted octanol–water partition coefficient (Wildman–Crippen LogP) is 4.14. The van der Waals surface area contributed by atoms with E-state index in [9.17, 15) is 9.59 Å². The summed E-state index contributed by atoms with van der Waals surface area (Å²) in [5, 5.41) is 0. The molecule has 0 spiro atoms. The Kier molecular flexibility index (Phi) is 6.48. The molecule has 0 saturated carbocycles. The molecule has 0 aromatic heterocycles. The highest BCUT2D eigenvalue weighted by atomic mass is 32.1. The van der Waals surface area contributed by atoms with Crippen molar-refractivity contribution in [3.63, 3.8) is 0 Å². The van der Waals surface area contributed by atoms with E-state index in [2.05, 4.69) is 0 Å². The highest BCUT2D eigenvalue weighted by Gasteiger charge is 2.51. The maximum atomic E-state index is 13.6. The third kappa shape index (κ3) is 3.80. The first-order chi connectivity index (χ1) is 14.4. The Hall–Kier alpha value is -2.83.